The van der Waals surface area contributed by atoms with E-state index in [2.05, 4.69) is 5.32 Å². The van der Waals surface area contributed by atoms with Crippen LogP contribution < -0.4 is 5.32 Å². The van der Waals surface area contributed by atoms with Crippen LogP contribution in [-0.4, -0.2) is 130 Å². The summed E-state index contributed by atoms with van der Waals surface area (Å²) in [6, 6.07) is 0. The SMILES string of the molecule is CCC(=O)N(OC(=O)CCCCC(=O)NCCOC1CC(O[C@H]2OC(CO)[C@@H](O)C(O)C2O)CC(CO)O1)C(C)=O. The molecule has 2 aliphatic heterocycles. The van der Waals surface area contributed by atoms with Crippen molar-refractivity contribution in [1.82, 2.24) is 10.4 Å². The van der Waals surface area contributed by atoms with Crippen LogP contribution in [0.4, 0.5) is 0 Å². The summed E-state index contributed by atoms with van der Waals surface area (Å²) < 4.78 is 22.4. The number of unbranched alkanes of at least 4 members (excludes halogenated alkanes) is 1. The molecule has 3 amide bonds. The molecule has 16 heteroatoms. The summed E-state index contributed by atoms with van der Waals surface area (Å²) in [6.45, 7) is 1.93. The summed E-state index contributed by atoms with van der Waals surface area (Å²) in [5, 5.41) is 52.1. The molecule has 6 N–H and O–H groups in total. The van der Waals surface area contributed by atoms with E-state index in [1.807, 2.05) is 0 Å². The van der Waals surface area contributed by atoms with Gasteiger partial charge in [0.15, 0.2) is 12.6 Å². The lowest BCUT2D eigenvalue weighted by Gasteiger charge is -2.42. The minimum absolute atomic E-state index is 0.00212. The highest BCUT2D eigenvalue weighted by atomic mass is 16.7. The number of hydrogen-bond donors (Lipinski definition) is 6. The summed E-state index contributed by atoms with van der Waals surface area (Å²) in [5.41, 5.74) is 0. The van der Waals surface area contributed by atoms with E-state index in [1.165, 1.54) is 6.92 Å². The monoisotopic (exact) mass is 594 g/mol. The molecule has 0 saturated carbocycles. The molecule has 2 fully saturated rings. The fourth-order valence-electron chi connectivity index (χ4n) is 4.24. The van der Waals surface area contributed by atoms with Gasteiger partial charge < -0.3 is 54.6 Å². The number of aliphatic hydroxyl groups is 5. The fraction of sp³-hybridized carbons (Fsp3) is 0.840. The molecule has 2 aliphatic rings. The number of amides is 3. The van der Waals surface area contributed by atoms with Gasteiger partial charge in [0.05, 0.1) is 32.0 Å². The van der Waals surface area contributed by atoms with Crippen molar-refractivity contribution in [3.05, 3.63) is 0 Å². The Bertz CT molecular complexity index is 858. The Hall–Kier alpha value is -2.28. The number of rotatable bonds is 14. The van der Waals surface area contributed by atoms with Gasteiger partial charge in [-0.25, -0.2) is 4.79 Å². The Labute approximate surface area is 237 Å². The third kappa shape index (κ3) is 11.1. The van der Waals surface area contributed by atoms with Crippen LogP contribution >= 0.6 is 0 Å². The summed E-state index contributed by atoms with van der Waals surface area (Å²) in [4.78, 5) is 51.8. The van der Waals surface area contributed by atoms with Crippen LogP contribution in [0, 0.1) is 0 Å². The van der Waals surface area contributed by atoms with Crippen molar-refractivity contribution in [3.63, 3.8) is 0 Å². The standard InChI is InChI=1S/C25H42N2O14/c1-3-19(32)27(14(2)30)41-20(33)7-5-4-6-18(31)26-8-9-37-21-11-15(10-16(12-28)38-21)39-25-24(36)23(35)22(34)17(13-29)40-25/h15-17,21-25,28-29,34-36H,3-13H2,1-2H3,(H,26,31)/t15?,16?,17?,21?,22-,23?,24?,25+/m1/s1. The number of carbonyl (C=O) groups excluding carboxylic acids is 4. The van der Waals surface area contributed by atoms with Crippen molar-refractivity contribution in [3.8, 4) is 0 Å². The molecule has 236 valence electrons. The van der Waals surface area contributed by atoms with E-state index in [1.54, 1.807) is 0 Å². The van der Waals surface area contributed by atoms with E-state index in [-0.39, 0.29) is 57.8 Å². The average Bonchev–Trinajstić information content (AvgIpc) is 2.95. The van der Waals surface area contributed by atoms with Crippen LogP contribution in [-0.2, 0) is 43.0 Å². The van der Waals surface area contributed by atoms with E-state index >= 15 is 0 Å². The number of aliphatic hydroxyl groups excluding tert-OH is 5. The molecule has 2 rings (SSSR count). The second kappa shape index (κ2) is 17.6. The predicted octanol–water partition coefficient (Wildman–Crippen LogP) is -2.39. The highest BCUT2D eigenvalue weighted by Gasteiger charge is 2.45. The maximum absolute atomic E-state index is 12.1. The maximum Gasteiger partial charge on any atom is 0.333 e. The van der Waals surface area contributed by atoms with Gasteiger partial charge in [-0.2, -0.15) is 0 Å². The van der Waals surface area contributed by atoms with Gasteiger partial charge >= 0.3 is 5.97 Å². The largest absolute Gasteiger partial charge is 0.394 e. The summed E-state index contributed by atoms with van der Waals surface area (Å²) in [5.74, 6) is -2.36. The zero-order chi connectivity index (χ0) is 30.5. The number of hydroxylamine groups is 2. The summed E-state index contributed by atoms with van der Waals surface area (Å²) >= 11 is 0. The highest BCUT2D eigenvalue weighted by Crippen LogP contribution is 2.28. The molecule has 0 aliphatic carbocycles. The molecule has 6 unspecified atom stereocenters. The Balaban J connectivity index is 1.67. The van der Waals surface area contributed by atoms with Gasteiger partial charge in [0, 0.05) is 45.6 Å². The number of hydrogen-bond acceptors (Lipinski definition) is 14. The third-order valence-corrected chi connectivity index (χ3v) is 6.47. The molecule has 16 nitrogen and oxygen atoms in total. The Morgan fingerprint density at radius 3 is 2.29 bits per heavy atom. The van der Waals surface area contributed by atoms with Gasteiger partial charge in [-0.3, -0.25) is 14.4 Å². The normalized spacial score (nSPS) is 29.9. The lowest BCUT2D eigenvalue weighted by molar-refractivity contribution is -0.325. The van der Waals surface area contributed by atoms with Crippen LogP contribution in [0.2, 0.25) is 0 Å². The smallest absolute Gasteiger partial charge is 0.333 e. The van der Waals surface area contributed by atoms with Crippen molar-refractivity contribution in [2.24, 2.45) is 0 Å². The molecule has 2 saturated heterocycles. The summed E-state index contributed by atoms with van der Waals surface area (Å²) in [6.07, 6.45) is -8.05. The van der Waals surface area contributed by atoms with Crippen LogP contribution in [0.5, 0.6) is 0 Å². The molecule has 0 aromatic heterocycles. The fourth-order valence-corrected chi connectivity index (χ4v) is 4.24. The van der Waals surface area contributed by atoms with Crippen LogP contribution in [0.25, 0.3) is 0 Å². The minimum Gasteiger partial charge on any atom is -0.394 e. The van der Waals surface area contributed by atoms with E-state index in [4.69, 9.17) is 23.8 Å². The van der Waals surface area contributed by atoms with Crippen LogP contribution in [0.15, 0.2) is 0 Å². The lowest BCUT2D eigenvalue weighted by Crippen LogP contribution is -2.60. The molecule has 41 heavy (non-hydrogen) atoms. The molecule has 2 heterocycles. The molecule has 0 aromatic rings. The van der Waals surface area contributed by atoms with E-state index in [0.717, 1.165) is 6.92 Å². The minimum atomic E-state index is -1.59. The second-order valence-electron chi connectivity index (χ2n) is 9.75. The quantitative estimate of drug-likeness (QED) is 0.0910. The first-order valence-electron chi connectivity index (χ1n) is 13.7. The number of nitrogens with zero attached hydrogens (tertiary/aromatic N) is 1. The van der Waals surface area contributed by atoms with Crippen molar-refractivity contribution in [2.75, 3.05) is 26.4 Å². The predicted molar refractivity (Wildman–Crippen MR) is 135 cm³/mol. The van der Waals surface area contributed by atoms with Gasteiger partial charge in [0.25, 0.3) is 11.8 Å². The second-order valence-corrected chi connectivity index (χ2v) is 9.75. The van der Waals surface area contributed by atoms with Crippen molar-refractivity contribution in [1.29, 1.82) is 0 Å². The van der Waals surface area contributed by atoms with Crippen LogP contribution in [0.1, 0.15) is 58.8 Å². The molecule has 0 spiro atoms. The lowest BCUT2D eigenvalue weighted by atomic mass is 9.99. The molecule has 8 atom stereocenters. The molecular formula is C25H42N2O14. The summed E-state index contributed by atoms with van der Waals surface area (Å²) in [7, 11) is 0. The Kier molecular flexibility index (Phi) is 15.0. The molecule has 0 aromatic carbocycles. The molecular weight excluding hydrogens is 552 g/mol. The van der Waals surface area contributed by atoms with Crippen molar-refractivity contribution >= 4 is 23.7 Å². The first kappa shape index (κ1) is 34.9. The number of ether oxygens (including phenoxy) is 4. The van der Waals surface area contributed by atoms with Gasteiger partial charge in [-0.1, -0.05) is 6.92 Å². The topological polar surface area (TPSA) is 231 Å². The number of imide groups is 1. The maximum atomic E-state index is 12.1. The van der Waals surface area contributed by atoms with E-state index < -0.39 is 73.6 Å². The van der Waals surface area contributed by atoms with Gasteiger partial charge in [0.1, 0.15) is 24.4 Å². The first-order chi connectivity index (χ1) is 19.5. The van der Waals surface area contributed by atoms with Crippen LogP contribution in [0.3, 0.4) is 0 Å². The zero-order valence-corrected chi connectivity index (χ0v) is 23.3. The van der Waals surface area contributed by atoms with Gasteiger partial charge in [-0.05, 0) is 12.8 Å². The highest BCUT2D eigenvalue weighted by molar-refractivity contribution is 5.94. The number of carbonyl (C=O) groups is 4. The third-order valence-electron chi connectivity index (χ3n) is 6.47. The van der Waals surface area contributed by atoms with Crippen molar-refractivity contribution < 1.29 is 68.5 Å². The zero-order valence-electron chi connectivity index (χ0n) is 23.3. The Morgan fingerprint density at radius 2 is 1.66 bits per heavy atom. The first-order valence-corrected chi connectivity index (χ1v) is 13.7. The van der Waals surface area contributed by atoms with E-state index in [9.17, 15) is 44.7 Å². The Morgan fingerprint density at radius 1 is 0.951 bits per heavy atom. The number of nitrogens with one attached hydrogen (secondary N) is 1. The van der Waals surface area contributed by atoms with Gasteiger partial charge in [-0.15, -0.1) is 5.06 Å². The molecule has 0 radical (unpaired) electrons. The van der Waals surface area contributed by atoms with E-state index in [0.29, 0.717) is 17.9 Å². The molecule has 0 bridgehead atoms. The van der Waals surface area contributed by atoms with Gasteiger partial charge in [0.2, 0.25) is 5.91 Å². The van der Waals surface area contributed by atoms with Crippen molar-refractivity contribution in [2.45, 2.75) is 108 Å². The average molecular weight is 595 g/mol.